The van der Waals surface area contributed by atoms with Crippen molar-refractivity contribution >= 4 is 34.6 Å². The molecule has 1 atom stereocenters. The maximum atomic E-state index is 12.6. The van der Waals surface area contributed by atoms with Crippen LogP contribution in [0.4, 0.5) is 0 Å². The molecule has 1 aromatic carbocycles. The number of amides is 1. The third kappa shape index (κ3) is 4.74. The van der Waals surface area contributed by atoms with Crippen LogP contribution in [0.5, 0.6) is 0 Å². The highest BCUT2D eigenvalue weighted by Gasteiger charge is 2.28. The molecule has 2 aromatic heterocycles. The Bertz CT molecular complexity index is 985. The Labute approximate surface area is 177 Å². The molecule has 150 valence electrons. The second-order valence-corrected chi connectivity index (χ2v) is 8.42. The molecule has 0 radical (unpaired) electrons. The standard InChI is InChI=1S/C21H20ClN3O3S/c22-16-7-5-14(6-8-16)17(26)9-10-19(27)25-11-1-3-15(13-25)20-23-24-21(28-20)18-4-2-12-29-18/h2,4-8,12,15H,1,3,9-11,13H2. The molecule has 1 saturated heterocycles. The lowest BCUT2D eigenvalue weighted by Crippen LogP contribution is -2.39. The predicted molar refractivity (Wildman–Crippen MR) is 111 cm³/mol. The molecule has 1 amide bonds. The summed E-state index contributed by atoms with van der Waals surface area (Å²) in [4.78, 5) is 27.7. The van der Waals surface area contributed by atoms with Crippen LogP contribution in [-0.4, -0.2) is 39.9 Å². The minimum Gasteiger partial charge on any atom is -0.420 e. The SMILES string of the molecule is O=C(CCC(=O)N1CCCC(c2nnc(-c3cccs3)o2)C1)c1ccc(Cl)cc1. The van der Waals surface area contributed by atoms with Gasteiger partial charge < -0.3 is 9.32 Å². The number of ketones is 1. The Morgan fingerprint density at radius 1 is 1.17 bits per heavy atom. The highest BCUT2D eigenvalue weighted by atomic mass is 35.5. The molecular formula is C21H20ClN3O3S. The molecule has 1 unspecified atom stereocenters. The number of Topliss-reactive ketones (excluding diaryl/α,β-unsaturated/α-hetero) is 1. The highest BCUT2D eigenvalue weighted by molar-refractivity contribution is 7.13. The minimum absolute atomic E-state index is 0.0185. The van der Waals surface area contributed by atoms with Crippen molar-refractivity contribution in [1.82, 2.24) is 15.1 Å². The van der Waals surface area contributed by atoms with E-state index in [-0.39, 0.29) is 30.4 Å². The van der Waals surface area contributed by atoms with Crippen LogP contribution in [0.1, 0.15) is 47.8 Å². The van der Waals surface area contributed by atoms with Crippen molar-refractivity contribution in [1.29, 1.82) is 0 Å². The second kappa shape index (κ2) is 8.88. The molecular weight excluding hydrogens is 410 g/mol. The van der Waals surface area contributed by atoms with Gasteiger partial charge in [-0.05, 0) is 48.6 Å². The van der Waals surface area contributed by atoms with E-state index in [2.05, 4.69) is 10.2 Å². The Morgan fingerprint density at radius 3 is 2.76 bits per heavy atom. The lowest BCUT2D eigenvalue weighted by atomic mass is 9.97. The zero-order chi connectivity index (χ0) is 20.2. The lowest BCUT2D eigenvalue weighted by Gasteiger charge is -2.31. The average Bonchev–Trinajstić information content (AvgIpc) is 3.44. The first-order chi connectivity index (χ1) is 14.1. The van der Waals surface area contributed by atoms with E-state index in [4.69, 9.17) is 16.0 Å². The summed E-state index contributed by atoms with van der Waals surface area (Å²) in [6.07, 6.45) is 2.15. The van der Waals surface area contributed by atoms with Gasteiger partial charge in [0.25, 0.3) is 5.89 Å². The van der Waals surface area contributed by atoms with Gasteiger partial charge in [-0.2, -0.15) is 0 Å². The molecule has 0 saturated carbocycles. The molecule has 0 aliphatic carbocycles. The van der Waals surface area contributed by atoms with Gasteiger partial charge >= 0.3 is 0 Å². The first-order valence-electron chi connectivity index (χ1n) is 9.54. The third-order valence-electron chi connectivity index (χ3n) is 5.03. The Balaban J connectivity index is 1.33. The van der Waals surface area contributed by atoms with Gasteiger partial charge in [-0.25, -0.2) is 0 Å². The van der Waals surface area contributed by atoms with Crippen LogP contribution in [0.2, 0.25) is 5.02 Å². The fraction of sp³-hybridized carbons (Fsp3) is 0.333. The summed E-state index contributed by atoms with van der Waals surface area (Å²) < 4.78 is 5.85. The van der Waals surface area contributed by atoms with Gasteiger partial charge in [0.1, 0.15) is 0 Å². The fourth-order valence-electron chi connectivity index (χ4n) is 3.46. The molecule has 1 aliphatic rings. The van der Waals surface area contributed by atoms with Crippen LogP contribution < -0.4 is 0 Å². The number of halogens is 1. The van der Waals surface area contributed by atoms with Gasteiger partial charge in [0.15, 0.2) is 5.78 Å². The van der Waals surface area contributed by atoms with Crippen molar-refractivity contribution in [2.24, 2.45) is 0 Å². The quantitative estimate of drug-likeness (QED) is 0.525. The summed E-state index contributed by atoms with van der Waals surface area (Å²) in [6, 6.07) is 10.6. The number of piperidine rings is 1. The fourth-order valence-corrected chi connectivity index (χ4v) is 4.23. The van der Waals surface area contributed by atoms with Gasteiger partial charge in [0.2, 0.25) is 11.8 Å². The van der Waals surface area contributed by atoms with Crippen LogP contribution in [0, 0.1) is 0 Å². The van der Waals surface area contributed by atoms with Crippen LogP contribution in [-0.2, 0) is 4.79 Å². The van der Waals surface area contributed by atoms with Crippen molar-refractivity contribution in [2.75, 3.05) is 13.1 Å². The number of thiophene rings is 1. The van der Waals surface area contributed by atoms with Crippen molar-refractivity contribution in [2.45, 2.75) is 31.6 Å². The van der Waals surface area contributed by atoms with Crippen LogP contribution >= 0.6 is 22.9 Å². The van der Waals surface area contributed by atoms with Gasteiger partial charge in [-0.1, -0.05) is 17.7 Å². The molecule has 0 spiro atoms. The molecule has 1 aliphatic heterocycles. The van der Waals surface area contributed by atoms with Crippen molar-refractivity contribution < 1.29 is 14.0 Å². The van der Waals surface area contributed by atoms with Crippen LogP contribution in [0.25, 0.3) is 10.8 Å². The largest absolute Gasteiger partial charge is 0.420 e. The number of rotatable bonds is 6. The van der Waals surface area contributed by atoms with Gasteiger partial charge in [-0.3, -0.25) is 9.59 Å². The van der Waals surface area contributed by atoms with E-state index in [1.807, 2.05) is 17.5 Å². The van der Waals surface area contributed by atoms with E-state index < -0.39 is 0 Å². The summed E-state index contributed by atoms with van der Waals surface area (Å²) in [6.45, 7) is 1.23. The smallest absolute Gasteiger partial charge is 0.257 e. The molecule has 4 rings (SSSR count). The van der Waals surface area contributed by atoms with Gasteiger partial charge in [-0.15, -0.1) is 21.5 Å². The monoisotopic (exact) mass is 429 g/mol. The Kier molecular flexibility index (Phi) is 6.06. The molecule has 3 aromatic rings. The zero-order valence-corrected chi connectivity index (χ0v) is 17.3. The second-order valence-electron chi connectivity index (χ2n) is 7.03. The Morgan fingerprint density at radius 2 is 2.00 bits per heavy atom. The number of nitrogens with zero attached hydrogens (tertiary/aromatic N) is 3. The molecule has 3 heterocycles. The number of carbonyl (C=O) groups excluding carboxylic acids is 2. The zero-order valence-electron chi connectivity index (χ0n) is 15.7. The topological polar surface area (TPSA) is 76.3 Å². The molecule has 6 nitrogen and oxygen atoms in total. The normalized spacial score (nSPS) is 16.7. The van der Waals surface area contributed by atoms with Crippen molar-refractivity contribution in [3.8, 4) is 10.8 Å². The number of hydrogen-bond acceptors (Lipinski definition) is 6. The molecule has 1 fully saturated rings. The van der Waals surface area contributed by atoms with Crippen LogP contribution in [0.15, 0.2) is 46.2 Å². The summed E-state index contributed by atoms with van der Waals surface area (Å²) >= 11 is 7.40. The Hall–Kier alpha value is -2.51. The maximum Gasteiger partial charge on any atom is 0.257 e. The third-order valence-corrected chi connectivity index (χ3v) is 6.14. The first-order valence-corrected chi connectivity index (χ1v) is 10.8. The molecule has 0 N–H and O–H groups in total. The number of likely N-dealkylation sites (tertiary alicyclic amines) is 1. The van der Waals surface area contributed by atoms with E-state index in [0.717, 1.165) is 17.7 Å². The highest BCUT2D eigenvalue weighted by Crippen LogP contribution is 2.30. The van der Waals surface area contributed by atoms with Crippen molar-refractivity contribution in [3.05, 3.63) is 58.3 Å². The lowest BCUT2D eigenvalue weighted by molar-refractivity contribution is -0.132. The van der Waals surface area contributed by atoms with E-state index in [1.54, 1.807) is 40.5 Å². The van der Waals surface area contributed by atoms with Gasteiger partial charge in [0.05, 0.1) is 10.8 Å². The number of aromatic nitrogens is 2. The van der Waals surface area contributed by atoms with E-state index >= 15 is 0 Å². The van der Waals surface area contributed by atoms with E-state index in [9.17, 15) is 9.59 Å². The predicted octanol–water partition coefficient (Wildman–Crippen LogP) is 4.82. The minimum atomic E-state index is -0.0546. The number of benzene rings is 1. The van der Waals surface area contributed by atoms with Crippen molar-refractivity contribution in [3.63, 3.8) is 0 Å². The summed E-state index contributed by atoms with van der Waals surface area (Å²) in [5.74, 6) is 1.05. The van der Waals surface area contributed by atoms with Gasteiger partial charge in [0, 0.05) is 36.5 Å². The average molecular weight is 430 g/mol. The molecule has 8 heteroatoms. The summed E-state index contributed by atoms with van der Waals surface area (Å²) in [7, 11) is 0. The number of hydrogen-bond donors (Lipinski definition) is 0. The van der Waals surface area contributed by atoms with E-state index in [0.29, 0.717) is 35.5 Å². The number of carbonyl (C=O) groups is 2. The van der Waals surface area contributed by atoms with Crippen LogP contribution in [0.3, 0.4) is 0 Å². The molecule has 0 bridgehead atoms. The molecule has 29 heavy (non-hydrogen) atoms. The van der Waals surface area contributed by atoms with E-state index in [1.165, 1.54) is 0 Å². The summed E-state index contributed by atoms with van der Waals surface area (Å²) in [5.41, 5.74) is 0.575. The maximum absolute atomic E-state index is 12.6. The summed E-state index contributed by atoms with van der Waals surface area (Å²) in [5, 5.41) is 10.9. The first kappa shape index (κ1) is 19.8.